The Kier molecular flexibility index (Phi) is 5.05. The standard InChI is InChI=1S/C23H34O5/c1-13(24)28-11-8-14-12-18-15-4-5-17-20(26)19(25)7-10-22(17,2)16(15)6-9-23(18,3)21(14)27/h14-21,25-27H,4-7,9-10,12H2,1-3H3/t14?,15-,16-,17?,18+,19?,20?,21?,22-,23+/m1/s1. The molecule has 4 fully saturated rings. The molecule has 0 aromatic carbocycles. The molecule has 10 atom stereocenters. The Labute approximate surface area is 167 Å². The van der Waals surface area contributed by atoms with Crippen molar-refractivity contribution in [3.63, 3.8) is 0 Å². The van der Waals surface area contributed by atoms with E-state index in [0.717, 1.165) is 38.5 Å². The molecule has 156 valence electrons. The number of carbonyl (C=O) groups excluding carboxylic acids is 1. The fourth-order valence-electron chi connectivity index (χ4n) is 7.65. The number of esters is 1. The first-order valence-corrected chi connectivity index (χ1v) is 10.9. The molecule has 5 unspecified atom stereocenters. The molecule has 5 nitrogen and oxygen atoms in total. The van der Waals surface area contributed by atoms with Crippen LogP contribution >= 0.6 is 0 Å². The molecular weight excluding hydrogens is 356 g/mol. The summed E-state index contributed by atoms with van der Waals surface area (Å²) >= 11 is 0. The van der Waals surface area contributed by atoms with Crippen LogP contribution in [0.4, 0.5) is 0 Å². The van der Waals surface area contributed by atoms with E-state index >= 15 is 0 Å². The van der Waals surface area contributed by atoms with Gasteiger partial charge in [-0.3, -0.25) is 4.79 Å². The highest BCUT2D eigenvalue weighted by Crippen LogP contribution is 2.66. The summed E-state index contributed by atoms with van der Waals surface area (Å²) in [5.74, 6) is 4.05. The van der Waals surface area contributed by atoms with E-state index in [2.05, 4.69) is 25.9 Å². The van der Waals surface area contributed by atoms with Crippen molar-refractivity contribution in [3.05, 3.63) is 0 Å². The summed E-state index contributed by atoms with van der Waals surface area (Å²) < 4.78 is 4.79. The first-order chi connectivity index (χ1) is 13.2. The number of fused-ring (bicyclic) bond motifs is 5. The first-order valence-electron chi connectivity index (χ1n) is 10.9. The van der Waals surface area contributed by atoms with Crippen molar-refractivity contribution in [2.75, 3.05) is 0 Å². The largest absolute Gasteiger partial charge is 0.391 e. The van der Waals surface area contributed by atoms with E-state index in [1.807, 2.05) is 0 Å². The zero-order valence-electron chi connectivity index (χ0n) is 17.2. The van der Waals surface area contributed by atoms with Crippen LogP contribution in [0, 0.1) is 52.4 Å². The Morgan fingerprint density at radius 3 is 2.39 bits per heavy atom. The number of rotatable bonds is 0. The minimum absolute atomic E-state index is 0.0648. The first kappa shape index (κ1) is 20.2. The molecule has 0 spiro atoms. The third kappa shape index (κ3) is 2.91. The van der Waals surface area contributed by atoms with Crippen molar-refractivity contribution in [2.45, 2.75) is 84.0 Å². The van der Waals surface area contributed by atoms with Crippen LogP contribution in [0.25, 0.3) is 0 Å². The highest BCUT2D eigenvalue weighted by Gasteiger charge is 2.63. The van der Waals surface area contributed by atoms with E-state index in [4.69, 9.17) is 4.74 Å². The van der Waals surface area contributed by atoms with Crippen LogP contribution in [0.3, 0.4) is 0 Å². The molecule has 0 aromatic heterocycles. The number of hydrogen-bond donors (Lipinski definition) is 3. The molecule has 5 heteroatoms. The SMILES string of the molecule is CC(=O)OC#CC1C[C@H]2[C@@H]3CCC4C(O)C(O)CC[C@]4(C)[C@@H]3CC[C@]2(C)C1O. The highest BCUT2D eigenvalue weighted by molar-refractivity contribution is 5.67. The second kappa shape index (κ2) is 7.00. The molecule has 0 bridgehead atoms. The van der Waals surface area contributed by atoms with Crippen molar-refractivity contribution in [2.24, 2.45) is 40.4 Å². The van der Waals surface area contributed by atoms with Gasteiger partial charge in [0, 0.05) is 6.92 Å². The maximum atomic E-state index is 11.1. The predicted molar refractivity (Wildman–Crippen MR) is 104 cm³/mol. The lowest BCUT2D eigenvalue weighted by Gasteiger charge is -2.61. The topological polar surface area (TPSA) is 87.0 Å². The van der Waals surface area contributed by atoms with Crippen molar-refractivity contribution < 1.29 is 24.9 Å². The van der Waals surface area contributed by atoms with E-state index in [9.17, 15) is 20.1 Å². The average Bonchev–Trinajstić information content (AvgIpc) is 2.90. The van der Waals surface area contributed by atoms with Gasteiger partial charge in [0.2, 0.25) is 0 Å². The predicted octanol–water partition coefficient (Wildman–Crippen LogP) is 2.47. The Bertz CT molecular complexity index is 695. The molecular formula is C23H34O5. The molecule has 0 radical (unpaired) electrons. The highest BCUT2D eigenvalue weighted by atomic mass is 16.5. The van der Waals surface area contributed by atoms with Crippen LogP contribution in [0.15, 0.2) is 0 Å². The summed E-state index contributed by atoms with van der Waals surface area (Å²) in [7, 11) is 0. The molecule has 0 amide bonds. The Hall–Kier alpha value is -1.09. The molecule has 28 heavy (non-hydrogen) atoms. The lowest BCUT2D eigenvalue weighted by molar-refractivity contribution is -0.176. The Morgan fingerprint density at radius 2 is 1.68 bits per heavy atom. The van der Waals surface area contributed by atoms with Gasteiger partial charge >= 0.3 is 5.97 Å². The number of carbonyl (C=O) groups is 1. The van der Waals surface area contributed by atoms with E-state index < -0.39 is 24.3 Å². The van der Waals surface area contributed by atoms with Crippen molar-refractivity contribution in [1.82, 2.24) is 0 Å². The Morgan fingerprint density at radius 1 is 0.964 bits per heavy atom. The van der Waals surface area contributed by atoms with Gasteiger partial charge in [-0.25, -0.2) is 0 Å². The minimum Gasteiger partial charge on any atom is -0.391 e. The fraction of sp³-hybridized carbons (Fsp3) is 0.870. The van der Waals surface area contributed by atoms with E-state index in [0.29, 0.717) is 24.2 Å². The van der Waals surface area contributed by atoms with Gasteiger partial charge in [0.1, 0.15) is 6.11 Å². The van der Waals surface area contributed by atoms with E-state index in [1.165, 1.54) is 6.92 Å². The van der Waals surface area contributed by atoms with Crippen molar-refractivity contribution in [1.29, 1.82) is 0 Å². The summed E-state index contributed by atoms with van der Waals surface area (Å²) in [6.07, 6.45) is 7.33. The minimum atomic E-state index is -0.607. The zero-order chi connectivity index (χ0) is 20.3. The Balaban J connectivity index is 1.58. The second-order valence-electron chi connectivity index (χ2n) is 10.3. The van der Waals surface area contributed by atoms with Crippen LogP contribution in [-0.2, 0) is 9.53 Å². The van der Waals surface area contributed by atoms with E-state index in [-0.39, 0.29) is 22.7 Å². The van der Waals surface area contributed by atoms with Gasteiger partial charge < -0.3 is 20.1 Å². The van der Waals surface area contributed by atoms with Crippen molar-refractivity contribution >= 4 is 5.97 Å². The number of aliphatic hydroxyl groups excluding tert-OH is 3. The van der Waals surface area contributed by atoms with Crippen LogP contribution in [0.2, 0.25) is 0 Å². The van der Waals surface area contributed by atoms with Crippen molar-refractivity contribution in [3.8, 4) is 12.0 Å². The second-order valence-corrected chi connectivity index (χ2v) is 10.3. The van der Waals surface area contributed by atoms with Gasteiger partial charge in [-0.05, 0) is 79.4 Å². The van der Waals surface area contributed by atoms with Gasteiger partial charge in [0.05, 0.1) is 24.2 Å². The van der Waals surface area contributed by atoms with E-state index in [1.54, 1.807) is 0 Å². The molecule has 0 aromatic rings. The van der Waals surface area contributed by atoms with Crippen LogP contribution < -0.4 is 0 Å². The molecule has 0 heterocycles. The number of ether oxygens (including phenoxy) is 1. The van der Waals surface area contributed by atoms with Gasteiger partial charge in [0.15, 0.2) is 0 Å². The molecule has 0 saturated heterocycles. The number of hydrogen-bond acceptors (Lipinski definition) is 5. The van der Waals surface area contributed by atoms with Crippen LogP contribution in [0.5, 0.6) is 0 Å². The fourth-order valence-corrected chi connectivity index (χ4v) is 7.65. The zero-order valence-corrected chi connectivity index (χ0v) is 17.2. The van der Waals surface area contributed by atoms with Crippen LogP contribution in [0.1, 0.15) is 65.7 Å². The normalized spacial score (nSPS) is 52.5. The summed E-state index contributed by atoms with van der Waals surface area (Å²) in [6.45, 7) is 5.87. The maximum Gasteiger partial charge on any atom is 0.316 e. The summed E-state index contributed by atoms with van der Waals surface area (Å²) in [4.78, 5) is 11.0. The van der Waals surface area contributed by atoms with Gasteiger partial charge in [-0.1, -0.05) is 19.8 Å². The lowest BCUT2D eigenvalue weighted by Crippen LogP contribution is -2.58. The quantitative estimate of drug-likeness (QED) is 0.437. The molecule has 4 aliphatic carbocycles. The summed E-state index contributed by atoms with van der Waals surface area (Å²) in [5.41, 5.74) is -0.0813. The van der Waals surface area contributed by atoms with Crippen LogP contribution in [-0.4, -0.2) is 39.6 Å². The molecule has 3 N–H and O–H groups in total. The van der Waals surface area contributed by atoms with Gasteiger partial charge in [0.25, 0.3) is 0 Å². The molecule has 0 aliphatic heterocycles. The average molecular weight is 391 g/mol. The molecule has 4 rings (SSSR count). The van der Waals surface area contributed by atoms with Gasteiger partial charge in [-0.2, -0.15) is 0 Å². The van der Waals surface area contributed by atoms with Gasteiger partial charge in [-0.15, -0.1) is 0 Å². The molecule has 4 saturated carbocycles. The maximum absolute atomic E-state index is 11.1. The molecule has 4 aliphatic rings. The smallest absolute Gasteiger partial charge is 0.316 e. The number of aliphatic hydroxyl groups is 3. The monoisotopic (exact) mass is 390 g/mol. The lowest BCUT2D eigenvalue weighted by atomic mass is 9.44. The third-order valence-corrected chi connectivity index (χ3v) is 9.17. The summed E-state index contributed by atoms with van der Waals surface area (Å²) in [6, 6.07) is 0. The summed E-state index contributed by atoms with van der Waals surface area (Å²) in [5, 5.41) is 31.9. The third-order valence-electron chi connectivity index (χ3n) is 9.17.